The van der Waals surface area contributed by atoms with Crippen LogP contribution in [0.15, 0.2) is 97.2 Å². The van der Waals surface area contributed by atoms with Crippen molar-refractivity contribution in [2.75, 3.05) is 32.8 Å². The van der Waals surface area contributed by atoms with E-state index < -0.39 is 0 Å². The van der Waals surface area contributed by atoms with E-state index in [0.717, 1.165) is 47.8 Å². The molecule has 7 heteroatoms. The lowest BCUT2D eigenvalue weighted by Crippen LogP contribution is -2.49. The number of aryl methyl sites for hydroxylation is 1. The number of imidazole rings is 1. The Morgan fingerprint density at radius 2 is 1.60 bits per heavy atom. The molecule has 0 unspecified atom stereocenters. The van der Waals surface area contributed by atoms with Gasteiger partial charge in [-0.2, -0.15) is 0 Å². The lowest BCUT2D eigenvalue weighted by molar-refractivity contribution is -0.135. The third kappa shape index (κ3) is 5.74. The van der Waals surface area contributed by atoms with E-state index in [1.165, 1.54) is 11.1 Å². The van der Waals surface area contributed by atoms with Crippen LogP contribution in [0.1, 0.15) is 11.3 Å². The number of halogens is 1. The summed E-state index contributed by atoms with van der Waals surface area (Å²) in [5, 5.41) is 0.641. The van der Waals surface area contributed by atoms with E-state index in [1.54, 1.807) is 24.3 Å². The van der Waals surface area contributed by atoms with Crippen molar-refractivity contribution in [3.05, 3.63) is 113 Å². The van der Waals surface area contributed by atoms with Crippen molar-refractivity contribution in [3.63, 3.8) is 0 Å². The zero-order valence-electron chi connectivity index (χ0n) is 22.5. The highest BCUT2D eigenvalue weighted by atomic mass is 35.5. The fourth-order valence-electron chi connectivity index (χ4n) is 5.20. The molecule has 6 rings (SSSR count). The summed E-state index contributed by atoms with van der Waals surface area (Å²) in [4.78, 5) is 22.1. The van der Waals surface area contributed by atoms with Crippen molar-refractivity contribution in [1.82, 2.24) is 19.2 Å². The number of amides is 1. The first-order valence-electron chi connectivity index (χ1n) is 13.6. The number of pyridine rings is 1. The first kappa shape index (κ1) is 26.1. The van der Waals surface area contributed by atoms with Gasteiger partial charge in [0.25, 0.3) is 5.91 Å². The Morgan fingerprint density at radius 3 is 2.35 bits per heavy atom. The molecular formula is C33H31ClN4O2. The van der Waals surface area contributed by atoms with Crippen LogP contribution in [0.25, 0.3) is 28.0 Å². The van der Waals surface area contributed by atoms with Gasteiger partial charge in [-0.05, 0) is 54.4 Å². The van der Waals surface area contributed by atoms with Crippen molar-refractivity contribution < 1.29 is 9.53 Å². The summed E-state index contributed by atoms with van der Waals surface area (Å²) in [5.74, 6) is 0.639. The SMILES string of the molecule is Cc1cccc(-c2ccc3nc(-c4ccccc4)c(CN4CCN(C(=O)COc5ccc(Cl)cc5)CC4)n3c2)c1. The molecule has 0 N–H and O–H groups in total. The minimum Gasteiger partial charge on any atom is -0.484 e. The highest BCUT2D eigenvalue weighted by molar-refractivity contribution is 6.30. The van der Waals surface area contributed by atoms with Crippen molar-refractivity contribution in [2.24, 2.45) is 0 Å². The van der Waals surface area contributed by atoms with Crippen LogP contribution in [0, 0.1) is 6.92 Å². The Morgan fingerprint density at radius 1 is 0.850 bits per heavy atom. The highest BCUT2D eigenvalue weighted by Gasteiger charge is 2.24. The van der Waals surface area contributed by atoms with Crippen LogP contribution in [0.3, 0.4) is 0 Å². The zero-order chi connectivity index (χ0) is 27.5. The molecule has 6 nitrogen and oxygen atoms in total. The second-order valence-electron chi connectivity index (χ2n) is 10.2. The average Bonchev–Trinajstić information content (AvgIpc) is 3.35. The number of rotatable bonds is 7. The number of hydrogen-bond donors (Lipinski definition) is 0. The summed E-state index contributed by atoms with van der Waals surface area (Å²) >= 11 is 5.94. The van der Waals surface area contributed by atoms with E-state index in [1.807, 2.05) is 11.0 Å². The molecule has 0 aliphatic carbocycles. The quantitative estimate of drug-likeness (QED) is 0.237. The number of ether oxygens (including phenoxy) is 1. The van der Waals surface area contributed by atoms with Crippen LogP contribution in [0.5, 0.6) is 5.75 Å². The summed E-state index contributed by atoms with van der Waals surface area (Å²) in [6.45, 7) is 5.77. The molecule has 1 aliphatic heterocycles. The molecule has 0 radical (unpaired) electrons. The Hall–Kier alpha value is -4.13. The van der Waals surface area contributed by atoms with Crippen LogP contribution in [0.2, 0.25) is 5.02 Å². The Bertz CT molecular complexity index is 1620. The predicted octanol–water partition coefficient (Wildman–Crippen LogP) is 6.35. The fraction of sp³-hybridized carbons (Fsp3) is 0.212. The molecule has 1 saturated heterocycles. The first-order valence-corrected chi connectivity index (χ1v) is 13.9. The fourth-order valence-corrected chi connectivity index (χ4v) is 5.33. The summed E-state index contributed by atoms with van der Waals surface area (Å²) in [6.07, 6.45) is 2.20. The Kier molecular flexibility index (Phi) is 7.53. The molecular weight excluding hydrogens is 520 g/mol. The second-order valence-corrected chi connectivity index (χ2v) is 10.6. The minimum absolute atomic E-state index is 0.00262. The molecule has 40 heavy (non-hydrogen) atoms. The third-order valence-electron chi connectivity index (χ3n) is 7.39. The van der Waals surface area contributed by atoms with Crippen molar-refractivity contribution >= 4 is 23.2 Å². The number of nitrogens with zero attached hydrogens (tertiary/aromatic N) is 4. The molecule has 0 bridgehead atoms. The van der Waals surface area contributed by atoms with Crippen molar-refractivity contribution in [2.45, 2.75) is 13.5 Å². The van der Waals surface area contributed by atoms with Crippen molar-refractivity contribution in [3.8, 4) is 28.1 Å². The van der Waals surface area contributed by atoms with Crippen LogP contribution in [-0.2, 0) is 11.3 Å². The van der Waals surface area contributed by atoms with Gasteiger partial charge in [0.1, 0.15) is 11.4 Å². The van der Waals surface area contributed by atoms with Gasteiger partial charge >= 0.3 is 0 Å². The van der Waals surface area contributed by atoms with E-state index in [4.69, 9.17) is 21.3 Å². The Balaban J connectivity index is 1.20. The van der Waals surface area contributed by atoms with Crippen LogP contribution < -0.4 is 4.74 Å². The zero-order valence-corrected chi connectivity index (χ0v) is 23.2. The molecule has 0 atom stereocenters. The van der Waals surface area contributed by atoms with Gasteiger partial charge in [0, 0.05) is 49.5 Å². The molecule has 2 aromatic heterocycles. The molecule has 0 spiro atoms. The standard InChI is InChI=1S/C33H31ClN4O2/c1-24-6-5-9-26(20-24)27-10-15-31-35-33(25-7-3-2-4-8-25)30(38(31)21-27)22-36-16-18-37(19-17-36)32(39)23-40-29-13-11-28(34)12-14-29/h2-15,20-21H,16-19,22-23H2,1H3. The number of aromatic nitrogens is 2. The molecule has 3 heterocycles. The van der Waals surface area contributed by atoms with E-state index in [-0.39, 0.29) is 12.5 Å². The maximum Gasteiger partial charge on any atom is 0.260 e. The summed E-state index contributed by atoms with van der Waals surface area (Å²) in [7, 11) is 0. The summed E-state index contributed by atoms with van der Waals surface area (Å²) in [5.41, 5.74) is 7.77. The van der Waals surface area contributed by atoms with E-state index in [9.17, 15) is 4.79 Å². The molecule has 1 amide bonds. The van der Waals surface area contributed by atoms with Gasteiger partial charge in [-0.25, -0.2) is 4.98 Å². The summed E-state index contributed by atoms with van der Waals surface area (Å²) < 4.78 is 7.91. The molecule has 1 fully saturated rings. The highest BCUT2D eigenvalue weighted by Crippen LogP contribution is 2.29. The lowest BCUT2D eigenvalue weighted by atomic mass is 10.1. The number of carbonyl (C=O) groups is 1. The maximum atomic E-state index is 12.8. The van der Waals surface area contributed by atoms with Crippen LogP contribution >= 0.6 is 11.6 Å². The van der Waals surface area contributed by atoms with Gasteiger partial charge in [-0.3, -0.25) is 9.69 Å². The molecule has 3 aromatic carbocycles. The largest absolute Gasteiger partial charge is 0.484 e. The number of fused-ring (bicyclic) bond motifs is 1. The lowest BCUT2D eigenvalue weighted by Gasteiger charge is -2.34. The van der Waals surface area contributed by atoms with Crippen LogP contribution in [0.4, 0.5) is 0 Å². The minimum atomic E-state index is -0.00262. The van der Waals surface area contributed by atoms with Gasteiger partial charge in [0.2, 0.25) is 0 Å². The van der Waals surface area contributed by atoms with Gasteiger partial charge < -0.3 is 14.0 Å². The third-order valence-corrected chi connectivity index (χ3v) is 7.64. The Labute approximate surface area is 239 Å². The normalized spacial score (nSPS) is 14.0. The predicted molar refractivity (Wildman–Crippen MR) is 160 cm³/mol. The smallest absolute Gasteiger partial charge is 0.260 e. The van der Waals surface area contributed by atoms with E-state index in [0.29, 0.717) is 23.9 Å². The number of hydrogen-bond acceptors (Lipinski definition) is 4. The maximum absolute atomic E-state index is 12.8. The van der Waals surface area contributed by atoms with Crippen LogP contribution in [-0.4, -0.2) is 57.9 Å². The number of benzene rings is 3. The van der Waals surface area contributed by atoms with Gasteiger partial charge in [-0.1, -0.05) is 71.8 Å². The second kappa shape index (κ2) is 11.5. The van der Waals surface area contributed by atoms with Gasteiger partial charge in [-0.15, -0.1) is 0 Å². The van der Waals surface area contributed by atoms with Gasteiger partial charge in [0.15, 0.2) is 6.61 Å². The molecule has 1 aliphatic rings. The number of piperazine rings is 1. The van der Waals surface area contributed by atoms with Gasteiger partial charge in [0.05, 0.1) is 11.4 Å². The van der Waals surface area contributed by atoms with E-state index in [2.05, 4.69) is 83.1 Å². The summed E-state index contributed by atoms with van der Waals surface area (Å²) in [6, 6.07) is 30.3. The average molecular weight is 551 g/mol. The number of carbonyl (C=O) groups excluding carboxylic acids is 1. The molecule has 202 valence electrons. The first-order chi connectivity index (χ1) is 19.5. The topological polar surface area (TPSA) is 50.1 Å². The van der Waals surface area contributed by atoms with Crippen molar-refractivity contribution in [1.29, 1.82) is 0 Å². The molecule has 0 saturated carbocycles. The molecule has 5 aromatic rings. The van der Waals surface area contributed by atoms with E-state index >= 15 is 0 Å². The monoisotopic (exact) mass is 550 g/mol.